The summed E-state index contributed by atoms with van der Waals surface area (Å²) in [5.41, 5.74) is -0.262. The Morgan fingerprint density at radius 3 is 2.70 bits per heavy atom. The number of rotatable bonds is 1. The van der Waals surface area contributed by atoms with E-state index in [0.717, 1.165) is 0 Å². The summed E-state index contributed by atoms with van der Waals surface area (Å²) >= 11 is 6.12. The molecule has 0 spiro atoms. The fourth-order valence-corrected chi connectivity index (χ4v) is 2.48. The average Bonchev–Trinajstić information content (AvgIpc) is 2.48. The fraction of sp³-hybridized carbons (Fsp3) is 0.571. The Labute approximate surface area is 139 Å². The van der Waals surface area contributed by atoms with Crippen molar-refractivity contribution in [3.05, 3.63) is 11.0 Å². The van der Waals surface area contributed by atoms with Crippen LogP contribution in [0.4, 0.5) is 16.3 Å². The molecule has 1 unspecified atom stereocenters. The summed E-state index contributed by atoms with van der Waals surface area (Å²) in [4.78, 5) is 34.1. The summed E-state index contributed by atoms with van der Waals surface area (Å²) in [5, 5.41) is 5.75. The molecule has 1 aliphatic rings. The lowest BCUT2D eigenvalue weighted by atomic mass is 10.2. The van der Waals surface area contributed by atoms with Crippen LogP contribution in [0.1, 0.15) is 26.6 Å². The summed E-state index contributed by atoms with van der Waals surface area (Å²) < 4.78 is 5.18. The summed E-state index contributed by atoms with van der Waals surface area (Å²) in [6.07, 6.45) is -0.662. The van der Waals surface area contributed by atoms with E-state index in [1.54, 1.807) is 34.7 Å². The third-order valence-electron chi connectivity index (χ3n) is 3.08. The van der Waals surface area contributed by atoms with Crippen molar-refractivity contribution in [2.75, 3.05) is 23.8 Å². The van der Waals surface area contributed by atoms with Crippen LogP contribution in [0.25, 0.3) is 0 Å². The molecule has 126 valence electrons. The molecular formula is C14H20ClN5O3. The zero-order valence-corrected chi connectivity index (χ0v) is 14.5. The van der Waals surface area contributed by atoms with E-state index in [1.807, 2.05) is 0 Å². The average molecular weight is 342 g/mol. The van der Waals surface area contributed by atoms with Gasteiger partial charge in [0, 0.05) is 13.6 Å². The lowest BCUT2D eigenvalue weighted by molar-refractivity contribution is -0.120. The largest absolute Gasteiger partial charge is 0.444 e. The molecule has 2 heterocycles. The molecule has 1 aromatic heterocycles. The van der Waals surface area contributed by atoms with Crippen molar-refractivity contribution in [3.8, 4) is 0 Å². The summed E-state index contributed by atoms with van der Waals surface area (Å²) in [6, 6.07) is -0.805. The van der Waals surface area contributed by atoms with Crippen molar-refractivity contribution in [2.24, 2.45) is 0 Å². The molecule has 0 fully saturated rings. The molecule has 0 radical (unpaired) electrons. The van der Waals surface area contributed by atoms with E-state index in [9.17, 15) is 9.59 Å². The second-order valence-electron chi connectivity index (χ2n) is 6.24. The van der Waals surface area contributed by atoms with Crippen LogP contribution >= 0.6 is 11.6 Å². The van der Waals surface area contributed by atoms with Gasteiger partial charge in [-0.15, -0.1) is 0 Å². The smallest absolute Gasteiger partial charge is 0.408 e. The molecule has 0 saturated heterocycles. The highest BCUT2D eigenvalue weighted by atomic mass is 35.5. The Hall–Kier alpha value is -2.09. The molecule has 2 N–H and O–H groups in total. The van der Waals surface area contributed by atoms with Gasteiger partial charge in [-0.25, -0.2) is 14.8 Å². The van der Waals surface area contributed by atoms with Crippen molar-refractivity contribution in [1.82, 2.24) is 15.3 Å². The second kappa shape index (κ2) is 6.19. The number of likely N-dealkylation sites (N-methyl/N-ethyl adjacent to an activating group) is 1. The van der Waals surface area contributed by atoms with Crippen molar-refractivity contribution in [2.45, 2.75) is 39.3 Å². The molecule has 23 heavy (non-hydrogen) atoms. The molecule has 1 atom stereocenters. The quantitative estimate of drug-likeness (QED) is 0.755. The first-order chi connectivity index (χ1) is 10.6. The molecule has 8 nitrogen and oxygen atoms in total. The lowest BCUT2D eigenvalue weighted by Gasteiger charge is -2.24. The summed E-state index contributed by atoms with van der Waals surface area (Å²) in [5.74, 6) is 0.601. The first kappa shape index (κ1) is 17.3. The van der Waals surface area contributed by atoms with Gasteiger partial charge in [0.05, 0.1) is 0 Å². The van der Waals surface area contributed by atoms with Gasteiger partial charge in [-0.1, -0.05) is 11.6 Å². The van der Waals surface area contributed by atoms with E-state index >= 15 is 0 Å². The minimum absolute atomic E-state index is 0.169. The number of nitrogens with zero attached hydrogens (tertiary/aromatic N) is 3. The van der Waals surface area contributed by atoms with Crippen LogP contribution in [-0.4, -0.2) is 47.2 Å². The van der Waals surface area contributed by atoms with Crippen LogP contribution in [0.2, 0.25) is 5.15 Å². The van der Waals surface area contributed by atoms with Crippen LogP contribution < -0.4 is 15.5 Å². The molecule has 2 rings (SSSR count). The minimum Gasteiger partial charge on any atom is -0.444 e. The van der Waals surface area contributed by atoms with E-state index in [-0.39, 0.29) is 17.6 Å². The van der Waals surface area contributed by atoms with Gasteiger partial charge in [0.25, 0.3) is 5.91 Å². The van der Waals surface area contributed by atoms with Crippen molar-refractivity contribution < 1.29 is 14.3 Å². The molecule has 0 bridgehead atoms. The number of hydrogen-bond donors (Lipinski definition) is 2. The van der Waals surface area contributed by atoms with E-state index in [2.05, 4.69) is 20.6 Å². The minimum atomic E-state index is -0.805. The van der Waals surface area contributed by atoms with Gasteiger partial charge in [-0.05, 0) is 27.7 Å². The number of alkyl carbamates (subject to hydrolysis) is 1. The highest BCUT2D eigenvalue weighted by Crippen LogP contribution is 2.32. The van der Waals surface area contributed by atoms with Crippen molar-refractivity contribution in [3.63, 3.8) is 0 Å². The molecule has 1 aromatic rings. The number of hydrogen-bond acceptors (Lipinski definition) is 6. The SMILES string of the molecule is Cc1nc(Cl)c2c(n1)NCC(NC(=O)OC(C)(C)C)C(=O)N2C. The first-order valence-electron chi connectivity index (χ1n) is 7.13. The number of anilines is 2. The van der Waals surface area contributed by atoms with Gasteiger partial charge in [0.2, 0.25) is 0 Å². The molecule has 2 amide bonds. The number of carbonyl (C=O) groups excluding carboxylic acids is 2. The lowest BCUT2D eigenvalue weighted by Crippen LogP contribution is -2.50. The van der Waals surface area contributed by atoms with E-state index < -0.39 is 17.7 Å². The van der Waals surface area contributed by atoms with Crippen LogP contribution in [-0.2, 0) is 9.53 Å². The second-order valence-corrected chi connectivity index (χ2v) is 6.59. The topological polar surface area (TPSA) is 96.5 Å². The first-order valence-corrected chi connectivity index (χ1v) is 7.51. The standard InChI is InChI=1S/C14H20ClN5O3/c1-7-17-10(15)9-11(18-7)16-6-8(12(21)20(9)5)19-13(22)23-14(2,3)4/h8H,6H2,1-5H3,(H,19,22)(H,16,17,18). The van der Waals surface area contributed by atoms with Gasteiger partial charge in [-0.2, -0.15) is 0 Å². The van der Waals surface area contributed by atoms with Gasteiger partial charge < -0.3 is 20.3 Å². The summed E-state index contributed by atoms with van der Waals surface area (Å²) in [6.45, 7) is 7.12. The number of fused-ring (bicyclic) bond motifs is 1. The third kappa shape index (κ3) is 4.01. The zero-order chi connectivity index (χ0) is 17.4. The molecule has 1 aliphatic heterocycles. The third-order valence-corrected chi connectivity index (χ3v) is 3.35. The van der Waals surface area contributed by atoms with E-state index in [4.69, 9.17) is 16.3 Å². The Bertz CT molecular complexity index is 644. The highest BCUT2D eigenvalue weighted by Gasteiger charge is 2.33. The Kier molecular flexibility index (Phi) is 4.65. The Balaban J connectivity index is 2.21. The van der Waals surface area contributed by atoms with Crippen LogP contribution in [0.5, 0.6) is 0 Å². The van der Waals surface area contributed by atoms with E-state index in [1.165, 1.54) is 4.90 Å². The zero-order valence-electron chi connectivity index (χ0n) is 13.7. The van der Waals surface area contributed by atoms with Crippen molar-refractivity contribution >= 4 is 35.1 Å². The number of amides is 2. The number of aryl methyl sites for hydroxylation is 1. The van der Waals surface area contributed by atoms with Crippen LogP contribution in [0.15, 0.2) is 0 Å². The molecular weight excluding hydrogens is 322 g/mol. The predicted octanol–water partition coefficient (Wildman–Crippen LogP) is 1.72. The van der Waals surface area contributed by atoms with Crippen molar-refractivity contribution in [1.29, 1.82) is 0 Å². The number of ether oxygens (including phenoxy) is 1. The highest BCUT2D eigenvalue weighted by molar-refractivity contribution is 6.33. The number of aromatic nitrogens is 2. The van der Waals surface area contributed by atoms with Gasteiger partial charge in [0.15, 0.2) is 11.0 Å². The van der Waals surface area contributed by atoms with Crippen LogP contribution in [0, 0.1) is 6.92 Å². The van der Waals surface area contributed by atoms with Gasteiger partial charge >= 0.3 is 6.09 Å². The number of nitrogens with one attached hydrogen (secondary N) is 2. The maximum atomic E-state index is 12.5. The Morgan fingerprint density at radius 1 is 1.43 bits per heavy atom. The number of carbonyl (C=O) groups is 2. The maximum absolute atomic E-state index is 12.5. The van der Waals surface area contributed by atoms with Gasteiger partial charge in [-0.3, -0.25) is 4.79 Å². The monoisotopic (exact) mass is 341 g/mol. The van der Waals surface area contributed by atoms with E-state index in [0.29, 0.717) is 17.3 Å². The molecule has 0 aliphatic carbocycles. The Morgan fingerprint density at radius 2 is 2.09 bits per heavy atom. The normalized spacial score (nSPS) is 17.9. The molecule has 9 heteroatoms. The maximum Gasteiger partial charge on any atom is 0.408 e. The number of halogens is 1. The fourth-order valence-electron chi connectivity index (χ4n) is 2.15. The molecule has 0 saturated carbocycles. The van der Waals surface area contributed by atoms with Gasteiger partial charge in [0.1, 0.15) is 23.2 Å². The predicted molar refractivity (Wildman–Crippen MR) is 86.8 cm³/mol. The van der Waals surface area contributed by atoms with Crippen LogP contribution in [0.3, 0.4) is 0 Å². The summed E-state index contributed by atoms with van der Waals surface area (Å²) in [7, 11) is 1.56. The molecule has 0 aromatic carbocycles.